The summed E-state index contributed by atoms with van der Waals surface area (Å²) in [5.74, 6) is -0.217. The van der Waals surface area contributed by atoms with Crippen molar-refractivity contribution >= 4 is 16.7 Å². The fraction of sp³-hybridized carbons (Fsp3) is 0.263. The first-order chi connectivity index (χ1) is 12.1. The molecule has 0 unspecified atom stereocenters. The third-order valence-corrected chi connectivity index (χ3v) is 4.00. The summed E-state index contributed by atoms with van der Waals surface area (Å²) in [6.45, 7) is 2.30. The second-order valence-corrected chi connectivity index (χ2v) is 5.87. The average molecular weight is 336 g/mol. The lowest BCUT2D eigenvalue weighted by atomic mass is 10.1. The second kappa shape index (κ2) is 7.70. The monoisotopic (exact) mass is 336 g/mol. The number of aryl methyl sites for hydroxylation is 2. The quantitative estimate of drug-likeness (QED) is 0.697. The molecule has 1 amide bonds. The summed E-state index contributed by atoms with van der Waals surface area (Å²) in [7, 11) is 0. The molecule has 0 saturated heterocycles. The van der Waals surface area contributed by atoms with Crippen LogP contribution < -0.4 is 10.9 Å². The third-order valence-electron chi connectivity index (χ3n) is 4.00. The molecule has 6 nitrogen and oxygen atoms in total. The lowest BCUT2D eigenvalue weighted by Crippen LogP contribution is -2.34. The molecule has 0 aliphatic carbocycles. The van der Waals surface area contributed by atoms with Crippen LogP contribution in [0.15, 0.2) is 53.5 Å². The lowest BCUT2D eigenvalue weighted by molar-refractivity contribution is -0.121. The van der Waals surface area contributed by atoms with Gasteiger partial charge in [-0.15, -0.1) is 0 Å². The molecule has 0 radical (unpaired) electrons. The van der Waals surface area contributed by atoms with E-state index in [-0.39, 0.29) is 18.0 Å². The summed E-state index contributed by atoms with van der Waals surface area (Å²) in [4.78, 5) is 28.8. The number of aromatic nitrogens is 3. The van der Waals surface area contributed by atoms with E-state index in [4.69, 9.17) is 0 Å². The molecule has 1 aromatic carbocycles. The molecule has 0 aliphatic rings. The van der Waals surface area contributed by atoms with Gasteiger partial charge in [0.25, 0.3) is 5.56 Å². The highest BCUT2D eigenvalue weighted by Gasteiger charge is 2.10. The predicted octanol–water partition coefficient (Wildman–Crippen LogP) is 1.85. The number of nitrogens with zero attached hydrogens (tertiary/aromatic N) is 3. The van der Waals surface area contributed by atoms with Crippen molar-refractivity contribution in [2.24, 2.45) is 0 Å². The molecule has 1 N–H and O–H groups in total. The molecule has 6 heteroatoms. The van der Waals surface area contributed by atoms with Crippen molar-refractivity contribution in [3.05, 3.63) is 70.4 Å². The summed E-state index contributed by atoms with van der Waals surface area (Å²) >= 11 is 0. The van der Waals surface area contributed by atoms with E-state index in [0.29, 0.717) is 11.9 Å². The topological polar surface area (TPSA) is 76.9 Å². The molecule has 0 bridgehead atoms. The first kappa shape index (κ1) is 16.8. The minimum absolute atomic E-state index is 0.0753. The molecule has 2 heterocycles. The molecule has 3 rings (SSSR count). The highest BCUT2D eigenvalue weighted by Crippen LogP contribution is 2.11. The number of benzene rings is 1. The summed E-state index contributed by atoms with van der Waals surface area (Å²) in [5, 5.41) is 8.48. The minimum Gasteiger partial charge on any atom is -0.354 e. The molecule has 2 aromatic heterocycles. The van der Waals surface area contributed by atoms with Crippen LogP contribution in [0, 0.1) is 6.92 Å². The first-order valence-corrected chi connectivity index (χ1v) is 8.28. The summed E-state index contributed by atoms with van der Waals surface area (Å²) < 4.78 is 1.23. The largest absolute Gasteiger partial charge is 0.354 e. The zero-order chi connectivity index (χ0) is 17.6. The Morgan fingerprint density at radius 3 is 2.64 bits per heavy atom. The van der Waals surface area contributed by atoms with Crippen molar-refractivity contribution in [3.8, 4) is 0 Å². The van der Waals surface area contributed by atoms with Crippen molar-refractivity contribution in [3.63, 3.8) is 0 Å². The second-order valence-electron chi connectivity index (χ2n) is 5.87. The van der Waals surface area contributed by atoms with E-state index >= 15 is 0 Å². The van der Waals surface area contributed by atoms with Crippen LogP contribution in [0.1, 0.15) is 17.8 Å². The van der Waals surface area contributed by atoms with Crippen LogP contribution in [0.5, 0.6) is 0 Å². The Balaban J connectivity index is 1.59. The lowest BCUT2D eigenvalue weighted by Gasteiger charge is -2.09. The number of nitrogens with one attached hydrogen (secondary N) is 1. The van der Waals surface area contributed by atoms with Crippen LogP contribution in [0.2, 0.25) is 0 Å². The Morgan fingerprint density at radius 1 is 1.12 bits per heavy atom. The van der Waals surface area contributed by atoms with Crippen molar-refractivity contribution in [2.75, 3.05) is 6.54 Å². The fourth-order valence-corrected chi connectivity index (χ4v) is 2.75. The summed E-state index contributed by atoms with van der Waals surface area (Å²) in [6.07, 6.45) is 3.35. The molecular formula is C19H20N4O2. The summed E-state index contributed by atoms with van der Waals surface area (Å²) in [6, 6.07) is 13.1. The van der Waals surface area contributed by atoms with Crippen LogP contribution in [-0.2, 0) is 17.8 Å². The van der Waals surface area contributed by atoms with Crippen molar-refractivity contribution in [2.45, 2.75) is 26.3 Å². The van der Waals surface area contributed by atoms with Gasteiger partial charge in [-0.1, -0.05) is 24.3 Å². The fourth-order valence-electron chi connectivity index (χ4n) is 2.75. The molecule has 0 atom stereocenters. The highest BCUT2D eigenvalue weighted by atomic mass is 16.2. The standard InChI is InChI=1S/C19H20N4O2/c1-14-16-9-2-3-10-17(16)19(25)23(22-14)13-18(24)21-12-6-8-15-7-4-5-11-20-15/h2-5,7,9-11H,6,8,12-13H2,1H3,(H,21,24). The molecular weight excluding hydrogens is 316 g/mol. The van der Waals surface area contributed by atoms with E-state index in [1.165, 1.54) is 4.68 Å². The maximum atomic E-state index is 12.4. The molecule has 0 saturated carbocycles. The van der Waals surface area contributed by atoms with Crippen molar-refractivity contribution in [1.29, 1.82) is 0 Å². The molecule has 3 aromatic rings. The number of pyridine rings is 1. The van der Waals surface area contributed by atoms with Crippen molar-refractivity contribution < 1.29 is 4.79 Å². The number of hydrogen-bond donors (Lipinski definition) is 1. The Labute approximate surface area is 145 Å². The normalized spacial score (nSPS) is 10.8. The van der Waals surface area contributed by atoms with Gasteiger partial charge in [-0.05, 0) is 38.0 Å². The SMILES string of the molecule is Cc1nn(CC(=O)NCCCc2ccccn2)c(=O)c2ccccc12. The van der Waals surface area contributed by atoms with Gasteiger partial charge in [0.1, 0.15) is 6.54 Å². The van der Waals surface area contributed by atoms with E-state index in [0.717, 1.165) is 29.6 Å². The van der Waals surface area contributed by atoms with E-state index in [1.54, 1.807) is 12.3 Å². The molecule has 25 heavy (non-hydrogen) atoms. The Kier molecular flexibility index (Phi) is 5.18. The van der Waals surface area contributed by atoms with Gasteiger partial charge < -0.3 is 5.32 Å². The van der Waals surface area contributed by atoms with Gasteiger partial charge in [-0.3, -0.25) is 14.6 Å². The van der Waals surface area contributed by atoms with Gasteiger partial charge in [0, 0.05) is 23.8 Å². The van der Waals surface area contributed by atoms with Gasteiger partial charge in [0.2, 0.25) is 5.91 Å². The Bertz CT molecular complexity index is 935. The number of hydrogen-bond acceptors (Lipinski definition) is 4. The van der Waals surface area contributed by atoms with Crippen LogP contribution >= 0.6 is 0 Å². The number of amides is 1. The van der Waals surface area contributed by atoms with Gasteiger partial charge in [0.15, 0.2) is 0 Å². The van der Waals surface area contributed by atoms with E-state index in [2.05, 4.69) is 15.4 Å². The number of rotatable bonds is 6. The van der Waals surface area contributed by atoms with E-state index < -0.39 is 0 Å². The maximum absolute atomic E-state index is 12.4. The van der Waals surface area contributed by atoms with E-state index in [1.807, 2.05) is 43.3 Å². The van der Waals surface area contributed by atoms with Gasteiger partial charge in [0.05, 0.1) is 11.1 Å². The maximum Gasteiger partial charge on any atom is 0.275 e. The zero-order valence-corrected chi connectivity index (χ0v) is 14.1. The third kappa shape index (κ3) is 4.09. The van der Waals surface area contributed by atoms with Gasteiger partial charge in [-0.2, -0.15) is 5.10 Å². The average Bonchev–Trinajstić information content (AvgIpc) is 2.64. The van der Waals surface area contributed by atoms with Crippen LogP contribution in [0.25, 0.3) is 10.8 Å². The minimum atomic E-state index is -0.246. The molecule has 0 fully saturated rings. The van der Waals surface area contributed by atoms with Crippen LogP contribution in [0.4, 0.5) is 0 Å². The molecule has 0 spiro atoms. The zero-order valence-electron chi connectivity index (χ0n) is 14.1. The number of fused-ring (bicyclic) bond motifs is 1. The number of carbonyl (C=O) groups is 1. The Hall–Kier alpha value is -3.02. The highest BCUT2D eigenvalue weighted by molar-refractivity contribution is 5.83. The smallest absolute Gasteiger partial charge is 0.275 e. The molecule has 0 aliphatic heterocycles. The first-order valence-electron chi connectivity index (χ1n) is 8.28. The van der Waals surface area contributed by atoms with Gasteiger partial charge >= 0.3 is 0 Å². The molecule has 128 valence electrons. The predicted molar refractivity (Wildman–Crippen MR) is 96.3 cm³/mol. The van der Waals surface area contributed by atoms with Crippen LogP contribution in [-0.4, -0.2) is 27.2 Å². The van der Waals surface area contributed by atoms with Crippen LogP contribution in [0.3, 0.4) is 0 Å². The summed E-state index contributed by atoms with van der Waals surface area (Å²) in [5.41, 5.74) is 1.49. The van der Waals surface area contributed by atoms with Gasteiger partial charge in [-0.25, -0.2) is 4.68 Å². The Morgan fingerprint density at radius 2 is 1.88 bits per heavy atom. The van der Waals surface area contributed by atoms with Crippen molar-refractivity contribution in [1.82, 2.24) is 20.1 Å². The van der Waals surface area contributed by atoms with E-state index in [9.17, 15) is 9.59 Å². The number of carbonyl (C=O) groups excluding carboxylic acids is 1.